The normalized spacial score (nSPS) is 34.4. The fourth-order valence-electron chi connectivity index (χ4n) is 2.54. The van der Waals surface area contributed by atoms with Crippen molar-refractivity contribution in [3.8, 4) is 0 Å². The molecule has 0 aromatic rings. The van der Waals surface area contributed by atoms with Gasteiger partial charge in [-0.2, -0.15) is 13.2 Å². The van der Waals surface area contributed by atoms with Gasteiger partial charge in [-0.25, -0.2) is 4.79 Å². The van der Waals surface area contributed by atoms with Crippen molar-refractivity contribution >= 4 is 11.9 Å². The van der Waals surface area contributed by atoms with Gasteiger partial charge >= 0.3 is 12.2 Å². The molecule has 1 aliphatic carbocycles. The zero-order valence-electron chi connectivity index (χ0n) is 9.01. The predicted molar refractivity (Wildman–Crippen MR) is 52.0 cm³/mol. The minimum absolute atomic E-state index is 0.0355. The van der Waals surface area contributed by atoms with Gasteiger partial charge < -0.3 is 5.32 Å². The van der Waals surface area contributed by atoms with Crippen LogP contribution in [-0.4, -0.2) is 24.2 Å². The number of amides is 3. The molecule has 7 heteroatoms. The second-order valence-corrected chi connectivity index (χ2v) is 4.59. The van der Waals surface area contributed by atoms with Crippen molar-refractivity contribution in [2.75, 3.05) is 0 Å². The van der Waals surface area contributed by atoms with Gasteiger partial charge in [0.05, 0.1) is 5.92 Å². The van der Waals surface area contributed by atoms with E-state index in [0.29, 0.717) is 12.8 Å². The summed E-state index contributed by atoms with van der Waals surface area (Å²) < 4.78 is 37.3. The molecule has 1 aliphatic heterocycles. The molecule has 0 radical (unpaired) electrons. The Kier molecular flexibility index (Phi) is 3.01. The minimum Gasteiger partial charge on any atom is -0.326 e. The van der Waals surface area contributed by atoms with Gasteiger partial charge in [-0.05, 0) is 31.6 Å². The fourth-order valence-corrected chi connectivity index (χ4v) is 2.54. The highest BCUT2D eigenvalue weighted by Crippen LogP contribution is 2.40. The Morgan fingerprint density at radius 1 is 1.06 bits per heavy atom. The number of hydrogen-bond acceptors (Lipinski definition) is 2. The highest BCUT2D eigenvalue weighted by molar-refractivity contribution is 6.04. The Bertz CT molecular complexity index is 335. The Hall–Kier alpha value is -1.27. The molecular weight excluding hydrogens is 237 g/mol. The first-order valence-electron chi connectivity index (χ1n) is 5.56. The highest BCUT2D eigenvalue weighted by Gasteiger charge is 2.44. The summed E-state index contributed by atoms with van der Waals surface area (Å²) in [6, 6.07) is -1.21. The average molecular weight is 250 g/mol. The number of nitrogens with one attached hydrogen (secondary N) is 2. The number of urea groups is 1. The van der Waals surface area contributed by atoms with Crippen LogP contribution in [0, 0.1) is 11.8 Å². The Morgan fingerprint density at radius 3 is 2.06 bits per heavy atom. The maximum atomic E-state index is 12.4. The van der Waals surface area contributed by atoms with E-state index in [4.69, 9.17) is 0 Å². The quantitative estimate of drug-likeness (QED) is 0.694. The molecular formula is C10H13F3N2O2. The summed E-state index contributed by atoms with van der Waals surface area (Å²) in [5.41, 5.74) is 0. The van der Waals surface area contributed by atoms with Crippen LogP contribution in [0.4, 0.5) is 18.0 Å². The van der Waals surface area contributed by atoms with Crippen LogP contribution in [0.25, 0.3) is 0 Å². The number of hydrogen-bond donors (Lipinski definition) is 2. The lowest BCUT2D eigenvalue weighted by atomic mass is 9.78. The molecule has 0 aromatic carbocycles. The molecule has 1 saturated carbocycles. The van der Waals surface area contributed by atoms with Gasteiger partial charge in [-0.15, -0.1) is 0 Å². The van der Waals surface area contributed by atoms with Crippen LogP contribution >= 0.6 is 0 Å². The fraction of sp³-hybridized carbons (Fsp3) is 0.800. The van der Waals surface area contributed by atoms with E-state index in [1.165, 1.54) is 0 Å². The molecule has 2 rings (SSSR count). The van der Waals surface area contributed by atoms with Gasteiger partial charge in [0, 0.05) is 0 Å². The Balaban J connectivity index is 1.91. The molecule has 2 fully saturated rings. The minimum atomic E-state index is -4.15. The number of carbonyl (C=O) groups is 2. The summed E-state index contributed by atoms with van der Waals surface area (Å²) in [7, 11) is 0. The summed E-state index contributed by atoms with van der Waals surface area (Å²) in [4.78, 5) is 22.3. The summed E-state index contributed by atoms with van der Waals surface area (Å²) >= 11 is 0. The second kappa shape index (κ2) is 4.19. The first kappa shape index (κ1) is 12.2. The highest BCUT2D eigenvalue weighted by atomic mass is 19.4. The number of halogens is 3. The van der Waals surface area contributed by atoms with E-state index < -0.39 is 30.1 Å². The molecule has 2 N–H and O–H groups in total. The van der Waals surface area contributed by atoms with E-state index in [2.05, 4.69) is 10.6 Å². The van der Waals surface area contributed by atoms with Crippen molar-refractivity contribution in [3.63, 3.8) is 0 Å². The first-order chi connectivity index (χ1) is 7.88. The van der Waals surface area contributed by atoms with Crippen molar-refractivity contribution in [2.24, 2.45) is 11.8 Å². The van der Waals surface area contributed by atoms with Crippen LogP contribution in [-0.2, 0) is 4.79 Å². The number of carbonyl (C=O) groups excluding carboxylic acids is 2. The third kappa shape index (κ3) is 2.53. The molecule has 4 nitrogen and oxygen atoms in total. The Labute approximate surface area is 95.9 Å². The molecule has 3 amide bonds. The van der Waals surface area contributed by atoms with Crippen molar-refractivity contribution in [1.82, 2.24) is 10.6 Å². The largest absolute Gasteiger partial charge is 0.391 e. The van der Waals surface area contributed by atoms with Crippen molar-refractivity contribution in [3.05, 3.63) is 0 Å². The van der Waals surface area contributed by atoms with E-state index in [1.54, 1.807) is 0 Å². The van der Waals surface area contributed by atoms with Gasteiger partial charge in [0.15, 0.2) is 0 Å². The lowest BCUT2D eigenvalue weighted by molar-refractivity contribution is -0.184. The molecule has 17 heavy (non-hydrogen) atoms. The third-order valence-corrected chi connectivity index (χ3v) is 3.51. The van der Waals surface area contributed by atoms with E-state index in [-0.39, 0.29) is 18.8 Å². The maximum Gasteiger partial charge on any atom is 0.391 e. The molecule has 0 aromatic heterocycles. The number of alkyl halides is 3. The summed E-state index contributed by atoms with van der Waals surface area (Å²) in [6.07, 6.45) is -3.43. The molecule has 0 bridgehead atoms. The molecule has 96 valence electrons. The molecule has 1 atom stereocenters. The van der Waals surface area contributed by atoms with E-state index in [1.807, 2.05) is 0 Å². The summed E-state index contributed by atoms with van der Waals surface area (Å²) in [5.74, 6) is -1.87. The average Bonchev–Trinajstić information content (AvgIpc) is 2.57. The molecule has 0 spiro atoms. The first-order valence-corrected chi connectivity index (χ1v) is 5.56. The number of imide groups is 1. The van der Waals surface area contributed by atoms with Crippen molar-refractivity contribution in [1.29, 1.82) is 0 Å². The topological polar surface area (TPSA) is 58.2 Å². The van der Waals surface area contributed by atoms with Gasteiger partial charge in [-0.3, -0.25) is 10.1 Å². The van der Waals surface area contributed by atoms with Crippen LogP contribution in [0.3, 0.4) is 0 Å². The monoisotopic (exact) mass is 250 g/mol. The maximum absolute atomic E-state index is 12.4. The van der Waals surface area contributed by atoms with Crippen LogP contribution < -0.4 is 10.6 Å². The van der Waals surface area contributed by atoms with Crippen molar-refractivity contribution < 1.29 is 22.8 Å². The van der Waals surface area contributed by atoms with Gasteiger partial charge in [0.25, 0.3) is 5.91 Å². The lowest BCUT2D eigenvalue weighted by Crippen LogP contribution is -2.40. The van der Waals surface area contributed by atoms with Crippen LogP contribution in [0.15, 0.2) is 0 Å². The molecule has 1 unspecified atom stereocenters. The number of rotatable bonds is 1. The zero-order valence-corrected chi connectivity index (χ0v) is 9.01. The van der Waals surface area contributed by atoms with E-state index in [9.17, 15) is 22.8 Å². The van der Waals surface area contributed by atoms with E-state index in [0.717, 1.165) is 0 Å². The van der Waals surface area contributed by atoms with Crippen LogP contribution in [0.5, 0.6) is 0 Å². The standard InChI is InChI=1S/C10H13F3N2O2/c11-10(12,13)6-3-1-5(2-4-6)7-8(16)15-9(17)14-7/h5-7H,1-4H2,(H2,14,15,16,17)/t5-,6-,7?. The van der Waals surface area contributed by atoms with Crippen LogP contribution in [0.2, 0.25) is 0 Å². The van der Waals surface area contributed by atoms with Crippen molar-refractivity contribution in [2.45, 2.75) is 37.9 Å². The van der Waals surface area contributed by atoms with Gasteiger partial charge in [0.1, 0.15) is 6.04 Å². The molecule has 1 heterocycles. The van der Waals surface area contributed by atoms with Gasteiger partial charge in [-0.1, -0.05) is 0 Å². The summed E-state index contributed by atoms with van der Waals surface area (Å²) in [6.45, 7) is 0. The predicted octanol–water partition coefficient (Wildman–Crippen LogP) is 1.56. The SMILES string of the molecule is O=C1NC(=O)C([C@H]2CC[C@H](C(F)(F)F)CC2)N1. The molecule has 2 aliphatic rings. The van der Waals surface area contributed by atoms with Gasteiger partial charge in [0.2, 0.25) is 0 Å². The molecule has 1 saturated heterocycles. The zero-order chi connectivity index (χ0) is 12.6. The lowest BCUT2D eigenvalue weighted by Gasteiger charge is -2.31. The smallest absolute Gasteiger partial charge is 0.326 e. The van der Waals surface area contributed by atoms with E-state index >= 15 is 0 Å². The Morgan fingerprint density at radius 2 is 1.65 bits per heavy atom. The van der Waals surface area contributed by atoms with Crippen LogP contribution in [0.1, 0.15) is 25.7 Å². The third-order valence-electron chi connectivity index (χ3n) is 3.51. The summed E-state index contributed by atoms with van der Waals surface area (Å²) in [5, 5.41) is 4.54. The second-order valence-electron chi connectivity index (χ2n) is 4.59.